The molecule has 0 aliphatic rings. The molecule has 5 heteroatoms. The Morgan fingerprint density at radius 3 is 2.47 bits per heavy atom. The number of hydrogen-bond acceptors (Lipinski definition) is 3. The number of aromatic nitrogens is 5. The van der Waals surface area contributed by atoms with Crippen molar-refractivity contribution in [1.82, 2.24) is 24.5 Å². The summed E-state index contributed by atoms with van der Waals surface area (Å²) >= 11 is 0. The predicted octanol–water partition coefficient (Wildman–Crippen LogP) is 2.13. The second-order valence-electron chi connectivity index (χ2n) is 4.45. The normalized spacial score (nSPS) is 10.8. The molecule has 0 saturated carbocycles. The van der Waals surface area contributed by atoms with Crippen molar-refractivity contribution in [3.63, 3.8) is 0 Å². The highest BCUT2D eigenvalue weighted by Gasteiger charge is 2.06. The van der Waals surface area contributed by atoms with Gasteiger partial charge in [-0.05, 0) is 32.0 Å². The monoisotopic (exact) mass is 253 g/mol. The quantitative estimate of drug-likeness (QED) is 0.718. The van der Waals surface area contributed by atoms with E-state index in [0.717, 1.165) is 23.0 Å². The molecule has 0 N–H and O–H groups in total. The topological polar surface area (TPSA) is 48.5 Å². The fourth-order valence-electron chi connectivity index (χ4n) is 2.04. The van der Waals surface area contributed by atoms with Crippen LogP contribution in [-0.4, -0.2) is 24.5 Å². The molecule has 0 spiro atoms. The van der Waals surface area contributed by atoms with E-state index in [-0.39, 0.29) is 0 Å². The standard InChI is InChI=1S/C14H15N5/c1-11-15-12(2)19(16-11)10-13-8-9-18(17-13)14-6-4-3-5-7-14/h3-9H,10H2,1-2H3. The Kier molecular flexibility index (Phi) is 2.87. The molecule has 2 heterocycles. The van der Waals surface area contributed by atoms with Crippen molar-refractivity contribution >= 4 is 0 Å². The molecular formula is C14H15N5. The summed E-state index contributed by atoms with van der Waals surface area (Å²) < 4.78 is 3.74. The summed E-state index contributed by atoms with van der Waals surface area (Å²) in [6, 6.07) is 12.1. The van der Waals surface area contributed by atoms with Crippen LogP contribution in [0.2, 0.25) is 0 Å². The SMILES string of the molecule is Cc1nc(C)n(Cc2ccn(-c3ccccc3)n2)n1. The van der Waals surface area contributed by atoms with Crippen molar-refractivity contribution < 1.29 is 0 Å². The molecule has 0 saturated heterocycles. The third kappa shape index (κ3) is 2.40. The van der Waals surface area contributed by atoms with Crippen LogP contribution in [0.4, 0.5) is 0 Å². The highest BCUT2D eigenvalue weighted by molar-refractivity contribution is 5.30. The minimum atomic E-state index is 0.645. The largest absolute Gasteiger partial charge is 0.244 e. The van der Waals surface area contributed by atoms with Gasteiger partial charge in [-0.2, -0.15) is 10.2 Å². The van der Waals surface area contributed by atoms with Gasteiger partial charge >= 0.3 is 0 Å². The molecule has 5 nitrogen and oxygen atoms in total. The first-order chi connectivity index (χ1) is 9.22. The van der Waals surface area contributed by atoms with Gasteiger partial charge in [-0.25, -0.2) is 14.3 Å². The van der Waals surface area contributed by atoms with E-state index in [0.29, 0.717) is 6.54 Å². The Morgan fingerprint density at radius 2 is 1.79 bits per heavy atom. The van der Waals surface area contributed by atoms with Crippen molar-refractivity contribution in [2.45, 2.75) is 20.4 Å². The molecule has 0 unspecified atom stereocenters. The van der Waals surface area contributed by atoms with Gasteiger partial charge in [0.15, 0.2) is 0 Å². The third-order valence-electron chi connectivity index (χ3n) is 2.94. The number of benzene rings is 1. The Morgan fingerprint density at radius 1 is 1.00 bits per heavy atom. The Bertz CT molecular complexity index is 681. The van der Waals surface area contributed by atoms with Crippen LogP contribution in [0.5, 0.6) is 0 Å². The number of para-hydroxylation sites is 1. The Balaban J connectivity index is 1.84. The van der Waals surface area contributed by atoms with Gasteiger partial charge in [0, 0.05) is 6.20 Å². The molecule has 1 aromatic carbocycles. The van der Waals surface area contributed by atoms with Gasteiger partial charge < -0.3 is 0 Å². The maximum Gasteiger partial charge on any atom is 0.147 e. The summed E-state index contributed by atoms with van der Waals surface area (Å²) in [6.45, 7) is 4.49. The van der Waals surface area contributed by atoms with Gasteiger partial charge in [0.05, 0.1) is 17.9 Å². The van der Waals surface area contributed by atoms with Crippen LogP contribution in [0, 0.1) is 13.8 Å². The van der Waals surface area contributed by atoms with Crippen LogP contribution in [0.3, 0.4) is 0 Å². The lowest BCUT2D eigenvalue weighted by atomic mass is 10.3. The van der Waals surface area contributed by atoms with E-state index >= 15 is 0 Å². The van der Waals surface area contributed by atoms with Gasteiger partial charge in [0.2, 0.25) is 0 Å². The van der Waals surface area contributed by atoms with Crippen molar-refractivity contribution in [2.75, 3.05) is 0 Å². The fraction of sp³-hybridized carbons (Fsp3) is 0.214. The van der Waals surface area contributed by atoms with Crippen LogP contribution < -0.4 is 0 Å². The summed E-state index contributed by atoms with van der Waals surface area (Å²) in [5.41, 5.74) is 2.03. The van der Waals surface area contributed by atoms with E-state index in [2.05, 4.69) is 15.2 Å². The lowest BCUT2D eigenvalue weighted by Gasteiger charge is -2.01. The smallest absolute Gasteiger partial charge is 0.147 e. The lowest BCUT2D eigenvalue weighted by Crippen LogP contribution is -2.05. The molecule has 19 heavy (non-hydrogen) atoms. The summed E-state index contributed by atoms with van der Waals surface area (Å²) in [6.07, 6.45) is 1.96. The van der Waals surface area contributed by atoms with E-state index in [1.807, 2.05) is 65.8 Å². The van der Waals surface area contributed by atoms with Crippen LogP contribution in [0.15, 0.2) is 42.6 Å². The summed E-state index contributed by atoms with van der Waals surface area (Å²) in [5.74, 6) is 1.70. The summed E-state index contributed by atoms with van der Waals surface area (Å²) in [7, 11) is 0. The number of aryl methyl sites for hydroxylation is 2. The van der Waals surface area contributed by atoms with Crippen LogP contribution >= 0.6 is 0 Å². The number of hydrogen-bond donors (Lipinski definition) is 0. The second-order valence-corrected chi connectivity index (χ2v) is 4.45. The first-order valence-electron chi connectivity index (χ1n) is 6.20. The molecule has 96 valence electrons. The molecule has 3 aromatic rings. The second kappa shape index (κ2) is 4.68. The number of nitrogens with zero attached hydrogens (tertiary/aromatic N) is 5. The third-order valence-corrected chi connectivity index (χ3v) is 2.94. The first kappa shape index (κ1) is 11.6. The lowest BCUT2D eigenvalue weighted by molar-refractivity contribution is 0.637. The minimum absolute atomic E-state index is 0.645. The predicted molar refractivity (Wildman–Crippen MR) is 72.2 cm³/mol. The molecule has 0 amide bonds. The van der Waals surface area contributed by atoms with E-state index < -0.39 is 0 Å². The zero-order valence-electron chi connectivity index (χ0n) is 11.0. The molecular weight excluding hydrogens is 238 g/mol. The molecule has 0 radical (unpaired) electrons. The molecule has 0 bridgehead atoms. The summed E-state index contributed by atoms with van der Waals surface area (Å²) in [4.78, 5) is 4.29. The summed E-state index contributed by atoms with van der Waals surface area (Å²) in [5, 5.41) is 8.90. The number of rotatable bonds is 3. The van der Waals surface area contributed by atoms with Crippen molar-refractivity contribution in [1.29, 1.82) is 0 Å². The maximum absolute atomic E-state index is 4.55. The Labute approximate surface area is 111 Å². The van der Waals surface area contributed by atoms with Crippen molar-refractivity contribution in [3.05, 3.63) is 59.9 Å². The van der Waals surface area contributed by atoms with Gasteiger partial charge in [0.1, 0.15) is 11.6 Å². The first-order valence-corrected chi connectivity index (χ1v) is 6.20. The van der Waals surface area contributed by atoms with Crippen molar-refractivity contribution in [2.24, 2.45) is 0 Å². The molecule has 0 aliphatic heterocycles. The van der Waals surface area contributed by atoms with E-state index in [1.165, 1.54) is 0 Å². The van der Waals surface area contributed by atoms with E-state index in [4.69, 9.17) is 0 Å². The zero-order valence-corrected chi connectivity index (χ0v) is 11.0. The fourth-order valence-corrected chi connectivity index (χ4v) is 2.04. The molecule has 0 atom stereocenters. The van der Waals surface area contributed by atoms with Crippen LogP contribution in [0.1, 0.15) is 17.3 Å². The van der Waals surface area contributed by atoms with Gasteiger partial charge in [-0.3, -0.25) is 0 Å². The van der Waals surface area contributed by atoms with Crippen LogP contribution in [0.25, 0.3) is 5.69 Å². The highest BCUT2D eigenvalue weighted by atomic mass is 15.4. The average molecular weight is 253 g/mol. The van der Waals surface area contributed by atoms with Gasteiger partial charge in [0.25, 0.3) is 0 Å². The van der Waals surface area contributed by atoms with Crippen LogP contribution in [-0.2, 0) is 6.54 Å². The van der Waals surface area contributed by atoms with Gasteiger partial charge in [-0.1, -0.05) is 18.2 Å². The van der Waals surface area contributed by atoms with Crippen molar-refractivity contribution in [3.8, 4) is 5.69 Å². The maximum atomic E-state index is 4.55. The molecule has 3 rings (SSSR count). The van der Waals surface area contributed by atoms with E-state index in [9.17, 15) is 0 Å². The zero-order chi connectivity index (χ0) is 13.2. The molecule has 0 aliphatic carbocycles. The van der Waals surface area contributed by atoms with Gasteiger partial charge in [-0.15, -0.1) is 0 Å². The minimum Gasteiger partial charge on any atom is -0.244 e. The average Bonchev–Trinajstić information content (AvgIpc) is 2.99. The molecule has 0 fully saturated rings. The Hall–Kier alpha value is -2.43. The highest BCUT2D eigenvalue weighted by Crippen LogP contribution is 2.08. The molecule has 2 aromatic heterocycles. The van der Waals surface area contributed by atoms with E-state index in [1.54, 1.807) is 0 Å².